The summed E-state index contributed by atoms with van der Waals surface area (Å²) in [6.07, 6.45) is 2.64. The van der Waals surface area contributed by atoms with Crippen molar-refractivity contribution < 1.29 is 14.3 Å². The summed E-state index contributed by atoms with van der Waals surface area (Å²) in [6, 6.07) is 4.07. The lowest BCUT2D eigenvalue weighted by Crippen LogP contribution is -2.43. The molecule has 0 atom stereocenters. The minimum atomic E-state index is -0.347. The van der Waals surface area contributed by atoms with E-state index in [-0.39, 0.29) is 28.3 Å². The van der Waals surface area contributed by atoms with Crippen molar-refractivity contribution in [1.29, 1.82) is 0 Å². The first-order valence-corrected chi connectivity index (χ1v) is 13.7. The van der Waals surface area contributed by atoms with E-state index in [0.29, 0.717) is 25.4 Å². The van der Waals surface area contributed by atoms with Crippen LogP contribution in [0.15, 0.2) is 43.6 Å². The molecule has 1 aromatic rings. The molecule has 0 unspecified atom stereocenters. The Morgan fingerprint density at radius 2 is 1.35 bits per heavy atom. The Balaban J connectivity index is 1.91. The fourth-order valence-electron chi connectivity index (χ4n) is 5.63. The van der Waals surface area contributed by atoms with Gasteiger partial charge in [-0.15, -0.1) is 0 Å². The van der Waals surface area contributed by atoms with E-state index in [9.17, 15) is 9.59 Å². The predicted octanol–water partition coefficient (Wildman–Crippen LogP) is 7.56. The number of hydrogen-bond acceptors (Lipinski definition) is 4. The van der Waals surface area contributed by atoms with Gasteiger partial charge in [0, 0.05) is 48.3 Å². The quantitative estimate of drug-likeness (QED) is 0.362. The Labute approximate surface area is 220 Å². The summed E-state index contributed by atoms with van der Waals surface area (Å²) < 4.78 is 7.69. The summed E-state index contributed by atoms with van der Waals surface area (Å²) in [5.74, 6) is 1.11. The topological polar surface area (TPSA) is 46.6 Å². The molecule has 34 heavy (non-hydrogen) atoms. The van der Waals surface area contributed by atoms with Gasteiger partial charge in [-0.05, 0) is 79.1 Å². The maximum absolute atomic E-state index is 13.6. The SMILES string of the molecule is CC(C)COc1c(Br)cc(C2C3=C(CC(C)(C)CC3=O)N(C)C3=C2C(=O)CC(C)(C)C3)cc1Br. The van der Waals surface area contributed by atoms with Gasteiger partial charge in [0.1, 0.15) is 5.75 Å². The summed E-state index contributed by atoms with van der Waals surface area (Å²) in [5, 5.41) is 0. The number of halogens is 2. The largest absolute Gasteiger partial charge is 0.491 e. The number of Topliss-reactive ketones (excluding diaryl/α,β-unsaturated/α-hetero) is 2. The molecule has 6 heteroatoms. The number of ether oxygens (including phenoxy) is 1. The van der Waals surface area contributed by atoms with Crippen LogP contribution < -0.4 is 4.74 Å². The van der Waals surface area contributed by atoms with E-state index in [4.69, 9.17) is 4.74 Å². The van der Waals surface area contributed by atoms with Gasteiger partial charge >= 0.3 is 0 Å². The van der Waals surface area contributed by atoms with Crippen molar-refractivity contribution in [3.8, 4) is 5.75 Å². The van der Waals surface area contributed by atoms with Crippen LogP contribution in [0.4, 0.5) is 0 Å². The molecular weight excluding hydrogens is 558 g/mol. The maximum Gasteiger partial charge on any atom is 0.162 e. The van der Waals surface area contributed by atoms with Gasteiger partial charge in [0.2, 0.25) is 0 Å². The van der Waals surface area contributed by atoms with Crippen molar-refractivity contribution in [3.63, 3.8) is 0 Å². The van der Waals surface area contributed by atoms with Crippen molar-refractivity contribution in [2.75, 3.05) is 13.7 Å². The van der Waals surface area contributed by atoms with Gasteiger partial charge in [-0.2, -0.15) is 0 Å². The molecule has 4 rings (SSSR count). The van der Waals surface area contributed by atoms with Crippen molar-refractivity contribution in [2.45, 2.75) is 73.1 Å². The maximum atomic E-state index is 13.6. The van der Waals surface area contributed by atoms with Crippen LogP contribution >= 0.6 is 31.9 Å². The van der Waals surface area contributed by atoms with E-state index < -0.39 is 0 Å². The van der Waals surface area contributed by atoms with Crippen LogP contribution in [0.25, 0.3) is 0 Å². The second-order valence-electron chi connectivity index (χ2n) is 12.1. The normalized spacial score (nSPS) is 22.4. The average molecular weight is 593 g/mol. The highest BCUT2D eigenvalue weighted by Gasteiger charge is 2.48. The number of ketones is 2. The van der Waals surface area contributed by atoms with Gasteiger partial charge in [0.25, 0.3) is 0 Å². The highest BCUT2D eigenvalue weighted by Crippen LogP contribution is 2.54. The molecule has 4 nitrogen and oxygen atoms in total. The van der Waals surface area contributed by atoms with Crippen LogP contribution in [0.1, 0.15) is 78.7 Å². The monoisotopic (exact) mass is 591 g/mol. The molecule has 0 saturated heterocycles. The van der Waals surface area contributed by atoms with Crippen LogP contribution in [0.5, 0.6) is 5.75 Å². The molecule has 2 aliphatic carbocycles. The molecule has 0 spiro atoms. The molecule has 1 aromatic carbocycles. The van der Waals surface area contributed by atoms with Gasteiger partial charge in [0.15, 0.2) is 11.6 Å². The van der Waals surface area contributed by atoms with Crippen molar-refractivity contribution in [2.24, 2.45) is 16.7 Å². The second kappa shape index (κ2) is 8.92. The lowest BCUT2D eigenvalue weighted by molar-refractivity contribution is -0.119. The van der Waals surface area contributed by atoms with Crippen LogP contribution in [0.3, 0.4) is 0 Å². The Morgan fingerprint density at radius 3 is 1.76 bits per heavy atom. The van der Waals surface area contributed by atoms with Gasteiger partial charge in [-0.3, -0.25) is 9.59 Å². The van der Waals surface area contributed by atoms with E-state index in [0.717, 1.165) is 55.6 Å². The number of allylic oxidation sites excluding steroid dienone is 4. The molecule has 0 amide bonds. The van der Waals surface area contributed by atoms with Crippen LogP contribution in [0, 0.1) is 16.7 Å². The fourth-order valence-corrected chi connectivity index (χ4v) is 7.08. The zero-order valence-corrected chi connectivity index (χ0v) is 24.4. The number of hydrogen-bond donors (Lipinski definition) is 0. The Hall–Kier alpha value is -1.40. The molecule has 3 aliphatic rings. The first-order chi connectivity index (χ1) is 15.7. The lowest BCUT2D eigenvalue weighted by atomic mass is 9.64. The van der Waals surface area contributed by atoms with Crippen molar-refractivity contribution >= 4 is 43.4 Å². The summed E-state index contributed by atoms with van der Waals surface area (Å²) >= 11 is 7.40. The minimum absolute atomic E-state index is 0.101. The third kappa shape index (κ3) is 4.69. The van der Waals surface area contributed by atoms with E-state index in [1.54, 1.807) is 0 Å². The molecule has 1 heterocycles. The van der Waals surface area contributed by atoms with E-state index >= 15 is 0 Å². The molecule has 184 valence electrons. The molecular formula is C28H35Br2NO3. The summed E-state index contributed by atoms with van der Waals surface area (Å²) in [6.45, 7) is 13.5. The smallest absolute Gasteiger partial charge is 0.162 e. The number of benzene rings is 1. The molecule has 0 aromatic heterocycles. The molecule has 0 saturated carbocycles. The zero-order valence-electron chi connectivity index (χ0n) is 21.3. The van der Waals surface area contributed by atoms with Crippen molar-refractivity contribution in [3.05, 3.63) is 49.2 Å². The van der Waals surface area contributed by atoms with Crippen molar-refractivity contribution in [1.82, 2.24) is 4.90 Å². The summed E-state index contributed by atoms with van der Waals surface area (Å²) in [7, 11) is 2.04. The number of carbonyl (C=O) groups is 2. The van der Waals surface area contributed by atoms with Crippen LogP contribution in [0.2, 0.25) is 0 Å². The molecule has 0 radical (unpaired) electrons. The van der Waals surface area contributed by atoms with Crippen LogP contribution in [-0.2, 0) is 9.59 Å². The standard InChI is InChI=1S/C28H35Br2NO3/c1-15(2)14-34-26-17(29)8-16(9-18(26)30)23-24-19(10-27(3,4)12-21(24)32)31(7)20-11-28(5,6)13-22(33)25(20)23/h8-9,15,23H,10-14H2,1-7H3. The number of rotatable bonds is 4. The average Bonchev–Trinajstić information content (AvgIpc) is 2.67. The summed E-state index contributed by atoms with van der Waals surface area (Å²) in [5.41, 5.74) is 4.48. The van der Waals surface area contributed by atoms with Gasteiger partial charge in [0.05, 0.1) is 15.6 Å². The van der Waals surface area contributed by atoms with E-state index in [1.165, 1.54) is 0 Å². The molecule has 1 aliphatic heterocycles. The van der Waals surface area contributed by atoms with E-state index in [1.807, 2.05) is 19.2 Å². The molecule has 0 N–H and O–H groups in total. The molecule has 0 bridgehead atoms. The zero-order chi connectivity index (χ0) is 25.2. The van der Waals surface area contributed by atoms with Crippen LogP contribution in [-0.4, -0.2) is 30.1 Å². The Bertz CT molecular complexity index is 1050. The first kappa shape index (κ1) is 25.7. The predicted molar refractivity (Wildman–Crippen MR) is 143 cm³/mol. The first-order valence-electron chi connectivity index (χ1n) is 12.1. The Kier molecular flexibility index (Phi) is 6.74. The Morgan fingerprint density at radius 1 is 0.912 bits per heavy atom. The van der Waals surface area contributed by atoms with Gasteiger partial charge in [-0.25, -0.2) is 0 Å². The highest BCUT2D eigenvalue weighted by molar-refractivity contribution is 9.11. The fraction of sp³-hybridized carbons (Fsp3) is 0.571. The highest BCUT2D eigenvalue weighted by atomic mass is 79.9. The number of carbonyl (C=O) groups excluding carboxylic acids is 2. The third-order valence-corrected chi connectivity index (χ3v) is 8.27. The lowest BCUT2D eigenvalue weighted by Gasteiger charge is -2.48. The summed E-state index contributed by atoms with van der Waals surface area (Å²) in [4.78, 5) is 29.4. The minimum Gasteiger partial charge on any atom is -0.491 e. The number of nitrogens with zero attached hydrogens (tertiary/aromatic N) is 1. The molecule has 0 fully saturated rings. The third-order valence-electron chi connectivity index (χ3n) is 7.09. The van der Waals surface area contributed by atoms with Gasteiger partial charge < -0.3 is 9.64 Å². The van der Waals surface area contributed by atoms with Gasteiger partial charge in [-0.1, -0.05) is 41.5 Å². The van der Waals surface area contributed by atoms with E-state index in [2.05, 4.69) is 78.3 Å². The second-order valence-corrected chi connectivity index (χ2v) is 13.8.